The largest absolute Gasteiger partial charge is 0.328 e. The van der Waals surface area contributed by atoms with Crippen LogP contribution in [-0.2, 0) is 6.42 Å². The van der Waals surface area contributed by atoms with Crippen LogP contribution in [0.3, 0.4) is 0 Å². The van der Waals surface area contributed by atoms with E-state index in [0.717, 1.165) is 0 Å². The summed E-state index contributed by atoms with van der Waals surface area (Å²) in [6, 6.07) is 5.26. The van der Waals surface area contributed by atoms with Crippen molar-refractivity contribution in [3.8, 4) is 0 Å². The van der Waals surface area contributed by atoms with Crippen molar-refractivity contribution in [3.05, 3.63) is 39.4 Å². The maximum absolute atomic E-state index is 10.8. The third-order valence-electron chi connectivity index (χ3n) is 2.05. The Hall–Kier alpha value is -1.42. The molecule has 0 aliphatic heterocycles. The van der Waals surface area contributed by atoms with E-state index in [0.29, 0.717) is 17.5 Å². The molecule has 4 nitrogen and oxygen atoms in total. The molecular weight excluding hydrogens is 180 g/mol. The molecule has 0 saturated heterocycles. The van der Waals surface area contributed by atoms with Crippen molar-refractivity contribution in [2.24, 2.45) is 5.73 Å². The van der Waals surface area contributed by atoms with E-state index in [1.54, 1.807) is 19.1 Å². The Morgan fingerprint density at radius 2 is 2.21 bits per heavy atom. The Morgan fingerprint density at radius 3 is 2.71 bits per heavy atom. The first-order valence-electron chi connectivity index (χ1n) is 4.51. The fourth-order valence-electron chi connectivity index (χ4n) is 1.49. The highest BCUT2D eigenvalue weighted by molar-refractivity contribution is 5.47. The highest BCUT2D eigenvalue weighted by Gasteiger charge is 2.16. The Labute approximate surface area is 82.9 Å². The normalized spacial score (nSPS) is 12.5. The molecule has 0 amide bonds. The van der Waals surface area contributed by atoms with Gasteiger partial charge in [-0.2, -0.15) is 0 Å². The van der Waals surface area contributed by atoms with Crippen LogP contribution >= 0.6 is 0 Å². The molecule has 0 heterocycles. The summed E-state index contributed by atoms with van der Waals surface area (Å²) in [5.74, 6) is 0. The lowest BCUT2D eigenvalue weighted by molar-refractivity contribution is -0.386. The number of benzene rings is 1. The highest BCUT2D eigenvalue weighted by atomic mass is 16.6. The lowest BCUT2D eigenvalue weighted by Crippen LogP contribution is -2.18. The smallest absolute Gasteiger partial charge is 0.275 e. The number of nitro benzene ring substituents is 1. The molecule has 14 heavy (non-hydrogen) atoms. The monoisotopic (exact) mass is 194 g/mol. The number of nitrogens with zero attached hydrogens (tertiary/aromatic N) is 1. The van der Waals surface area contributed by atoms with Crippen molar-refractivity contribution in [3.63, 3.8) is 0 Å². The van der Waals surface area contributed by atoms with E-state index in [9.17, 15) is 10.1 Å². The standard InChI is InChI=1S/C10H14N2O2/c1-7-4-3-5-9(6-8(2)11)10(7)12(13)14/h3-5,8H,6,11H2,1-2H3. The van der Waals surface area contributed by atoms with E-state index in [1.165, 1.54) is 0 Å². The van der Waals surface area contributed by atoms with E-state index in [4.69, 9.17) is 5.73 Å². The maximum atomic E-state index is 10.8. The summed E-state index contributed by atoms with van der Waals surface area (Å²) >= 11 is 0. The quantitative estimate of drug-likeness (QED) is 0.589. The van der Waals surface area contributed by atoms with E-state index in [1.807, 2.05) is 13.0 Å². The van der Waals surface area contributed by atoms with Crippen LogP contribution in [0.25, 0.3) is 0 Å². The number of hydrogen-bond acceptors (Lipinski definition) is 3. The van der Waals surface area contributed by atoms with Gasteiger partial charge < -0.3 is 5.73 Å². The molecule has 1 rings (SSSR count). The Balaban J connectivity index is 3.14. The Kier molecular flexibility index (Phi) is 3.19. The topological polar surface area (TPSA) is 69.2 Å². The summed E-state index contributed by atoms with van der Waals surface area (Å²) in [7, 11) is 0. The lowest BCUT2D eigenvalue weighted by atomic mass is 10.0. The summed E-state index contributed by atoms with van der Waals surface area (Å²) in [6.07, 6.45) is 0.540. The number of hydrogen-bond donors (Lipinski definition) is 1. The average Bonchev–Trinajstić information content (AvgIpc) is 2.01. The summed E-state index contributed by atoms with van der Waals surface area (Å²) < 4.78 is 0. The van der Waals surface area contributed by atoms with E-state index in [-0.39, 0.29) is 16.7 Å². The zero-order chi connectivity index (χ0) is 10.7. The maximum Gasteiger partial charge on any atom is 0.275 e. The van der Waals surface area contributed by atoms with Gasteiger partial charge >= 0.3 is 0 Å². The predicted molar refractivity (Wildman–Crippen MR) is 55.2 cm³/mol. The van der Waals surface area contributed by atoms with Gasteiger partial charge in [-0.05, 0) is 20.3 Å². The third-order valence-corrected chi connectivity index (χ3v) is 2.05. The van der Waals surface area contributed by atoms with Gasteiger partial charge in [-0.3, -0.25) is 10.1 Å². The molecule has 0 bridgehead atoms. The van der Waals surface area contributed by atoms with Gasteiger partial charge in [-0.15, -0.1) is 0 Å². The molecule has 0 fully saturated rings. The van der Waals surface area contributed by atoms with Crippen LogP contribution in [0, 0.1) is 17.0 Å². The Bertz CT molecular complexity index is 348. The van der Waals surface area contributed by atoms with Crippen molar-refractivity contribution in [2.75, 3.05) is 0 Å². The molecule has 0 spiro atoms. The lowest BCUT2D eigenvalue weighted by Gasteiger charge is -2.07. The third kappa shape index (κ3) is 2.29. The molecule has 1 aromatic carbocycles. The zero-order valence-corrected chi connectivity index (χ0v) is 8.36. The number of para-hydroxylation sites is 1. The molecule has 0 saturated carbocycles. The number of aryl methyl sites for hydroxylation is 1. The summed E-state index contributed by atoms with van der Waals surface area (Å²) in [5, 5.41) is 10.8. The van der Waals surface area contributed by atoms with Gasteiger partial charge in [-0.1, -0.05) is 18.2 Å². The molecule has 2 N–H and O–H groups in total. The van der Waals surface area contributed by atoms with Crippen molar-refractivity contribution < 1.29 is 4.92 Å². The van der Waals surface area contributed by atoms with Gasteiger partial charge in [0.1, 0.15) is 0 Å². The minimum Gasteiger partial charge on any atom is -0.328 e. The molecule has 1 aromatic rings. The predicted octanol–water partition coefficient (Wildman–Crippen LogP) is 1.79. The minimum absolute atomic E-state index is 0.0597. The molecule has 76 valence electrons. The fourth-order valence-corrected chi connectivity index (χ4v) is 1.49. The zero-order valence-electron chi connectivity index (χ0n) is 8.36. The molecule has 0 radical (unpaired) electrons. The second kappa shape index (κ2) is 4.19. The number of nitrogens with two attached hydrogens (primary N) is 1. The van der Waals surface area contributed by atoms with E-state index in [2.05, 4.69) is 0 Å². The van der Waals surface area contributed by atoms with Crippen molar-refractivity contribution in [2.45, 2.75) is 26.3 Å². The first-order chi connectivity index (χ1) is 6.52. The number of nitro groups is 1. The highest BCUT2D eigenvalue weighted by Crippen LogP contribution is 2.23. The van der Waals surface area contributed by atoms with Gasteiger partial charge in [0.15, 0.2) is 0 Å². The molecule has 0 aromatic heterocycles. The van der Waals surface area contributed by atoms with Gasteiger partial charge in [0, 0.05) is 17.2 Å². The SMILES string of the molecule is Cc1cccc(CC(C)N)c1[N+](=O)[O-]. The Morgan fingerprint density at radius 1 is 1.57 bits per heavy atom. The van der Waals surface area contributed by atoms with Crippen LogP contribution in [0.1, 0.15) is 18.1 Å². The van der Waals surface area contributed by atoms with E-state index < -0.39 is 0 Å². The molecule has 0 aliphatic rings. The average molecular weight is 194 g/mol. The van der Waals surface area contributed by atoms with E-state index >= 15 is 0 Å². The van der Waals surface area contributed by atoms with Crippen molar-refractivity contribution in [1.29, 1.82) is 0 Å². The van der Waals surface area contributed by atoms with Crippen LogP contribution in [-0.4, -0.2) is 11.0 Å². The minimum atomic E-state index is -0.340. The van der Waals surface area contributed by atoms with Crippen molar-refractivity contribution >= 4 is 5.69 Å². The van der Waals surface area contributed by atoms with Crippen molar-refractivity contribution in [1.82, 2.24) is 0 Å². The number of rotatable bonds is 3. The van der Waals surface area contributed by atoms with Crippen LogP contribution < -0.4 is 5.73 Å². The summed E-state index contributed by atoms with van der Waals surface area (Å²) in [4.78, 5) is 10.4. The van der Waals surface area contributed by atoms with Crippen LogP contribution in [0.5, 0.6) is 0 Å². The molecule has 1 unspecified atom stereocenters. The summed E-state index contributed by atoms with van der Waals surface area (Å²) in [6.45, 7) is 3.58. The first kappa shape index (κ1) is 10.7. The summed E-state index contributed by atoms with van der Waals surface area (Å²) in [5.41, 5.74) is 7.22. The van der Waals surface area contributed by atoms with Gasteiger partial charge in [-0.25, -0.2) is 0 Å². The van der Waals surface area contributed by atoms with Crippen LogP contribution in [0.2, 0.25) is 0 Å². The van der Waals surface area contributed by atoms with Gasteiger partial charge in [0.25, 0.3) is 5.69 Å². The van der Waals surface area contributed by atoms with Gasteiger partial charge in [0.05, 0.1) is 4.92 Å². The molecule has 1 atom stereocenters. The van der Waals surface area contributed by atoms with Crippen LogP contribution in [0.4, 0.5) is 5.69 Å². The van der Waals surface area contributed by atoms with Gasteiger partial charge in [0.2, 0.25) is 0 Å². The first-order valence-corrected chi connectivity index (χ1v) is 4.51. The second-order valence-electron chi connectivity index (χ2n) is 3.52. The second-order valence-corrected chi connectivity index (χ2v) is 3.52. The fraction of sp³-hybridized carbons (Fsp3) is 0.400. The molecular formula is C10H14N2O2. The van der Waals surface area contributed by atoms with Crippen LogP contribution in [0.15, 0.2) is 18.2 Å². The molecule has 4 heteroatoms. The molecule has 0 aliphatic carbocycles.